The van der Waals surface area contributed by atoms with Crippen LogP contribution in [-0.2, 0) is 4.79 Å². The molecule has 0 saturated heterocycles. The van der Waals surface area contributed by atoms with E-state index in [0.717, 1.165) is 18.6 Å². The van der Waals surface area contributed by atoms with E-state index in [4.69, 9.17) is 0 Å². The van der Waals surface area contributed by atoms with Crippen molar-refractivity contribution in [2.75, 3.05) is 5.75 Å². The number of hydrogen-bond acceptors (Lipinski definition) is 2. The van der Waals surface area contributed by atoms with Gasteiger partial charge in [0.2, 0.25) is 0 Å². The summed E-state index contributed by atoms with van der Waals surface area (Å²) in [6.07, 6.45) is 6.50. The van der Waals surface area contributed by atoms with Crippen LogP contribution in [0.5, 0.6) is 0 Å². The van der Waals surface area contributed by atoms with Gasteiger partial charge in [0.25, 0.3) is 0 Å². The van der Waals surface area contributed by atoms with Gasteiger partial charge in [-0.15, -0.1) is 11.8 Å². The number of rotatable bonds is 7. The molecule has 3 heteroatoms. The van der Waals surface area contributed by atoms with E-state index in [-0.39, 0.29) is 0 Å². The Morgan fingerprint density at radius 2 is 1.69 bits per heavy atom. The Balaban J connectivity index is 2.67. The molecule has 16 heavy (non-hydrogen) atoms. The molecule has 0 aromatic rings. The van der Waals surface area contributed by atoms with Gasteiger partial charge < -0.3 is 5.11 Å². The number of carboxylic acid groups (broad SMARTS) is 1. The van der Waals surface area contributed by atoms with Gasteiger partial charge in [0, 0.05) is 0 Å². The summed E-state index contributed by atoms with van der Waals surface area (Å²) in [6.45, 7) is 6.45. The van der Waals surface area contributed by atoms with Crippen molar-refractivity contribution in [2.45, 2.75) is 64.0 Å². The van der Waals surface area contributed by atoms with Gasteiger partial charge in [0.1, 0.15) is 4.75 Å². The van der Waals surface area contributed by atoms with E-state index in [2.05, 4.69) is 20.8 Å². The lowest BCUT2D eigenvalue weighted by atomic mass is 9.57. The molecule has 0 spiro atoms. The van der Waals surface area contributed by atoms with Gasteiger partial charge in [-0.05, 0) is 36.9 Å². The standard InChI is InChI=1S/C13H24O2S/c1-4-7-12(8-5-2)9-13(10-12,11(14)15)16-6-3/h4-10H2,1-3H3,(H,14,15). The zero-order valence-electron chi connectivity index (χ0n) is 10.7. The monoisotopic (exact) mass is 244 g/mol. The van der Waals surface area contributed by atoms with Crippen molar-refractivity contribution in [3.05, 3.63) is 0 Å². The van der Waals surface area contributed by atoms with Crippen LogP contribution in [0.4, 0.5) is 0 Å². The topological polar surface area (TPSA) is 37.3 Å². The third-order valence-corrected chi connectivity index (χ3v) is 5.00. The predicted molar refractivity (Wildman–Crippen MR) is 70.0 cm³/mol. The molecule has 1 aliphatic carbocycles. The maximum Gasteiger partial charge on any atom is 0.319 e. The summed E-state index contributed by atoms with van der Waals surface area (Å²) in [7, 11) is 0. The van der Waals surface area contributed by atoms with Crippen molar-refractivity contribution in [1.29, 1.82) is 0 Å². The van der Waals surface area contributed by atoms with Crippen molar-refractivity contribution in [1.82, 2.24) is 0 Å². The van der Waals surface area contributed by atoms with Crippen LogP contribution in [-0.4, -0.2) is 21.6 Å². The molecule has 2 nitrogen and oxygen atoms in total. The lowest BCUT2D eigenvalue weighted by molar-refractivity contribution is -0.147. The van der Waals surface area contributed by atoms with Gasteiger partial charge in [-0.25, -0.2) is 0 Å². The van der Waals surface area contributed by atoms with E-state index < -0.39 is 10.7 Å². The SMILES string of the molecule is CCCC1(CCC)CC(SCC)(C(=O)O)C1. The second-order valence-electron chi connectivity index (χ2n) is 5.09. The highest BCUT2D eigenvalue weighted by Gasteiger charge is 2.57. The lowest BCUT2D eigenvalue weighted by Crippen LogP contribution is -2.54. The molecule has 94 valence electrons. The number of thioether (sulfide) groups is 1. The lowest BCUT2D eigenvalue weighted by Gasteiger charge is -2.54. The van der Waals surface area contributed by atoms with Crippen LogP contribution < -0.4 is 0 Å². The molecule has 0 atom stereocenters. The zero-order valence-corrected chi connectivity index (χ0v) is 11.5. The maximum absolute atomic E-state index is 11.4. The van der Waals surface area contributed by atoms with Gasteiger partial charge in [0.05, 0.1) is 0 Å². The van der Waals surface area contributed by atoms with E-state index in [1.165, 1.54) is 25.7 Å². The molecule has 0 aromatic heterocycles. The molecule has 0 unspecified atom stereocenters. The van der Waals surface area contributed by atoms with Crippen molar-refractivity contribution < 1.29 is 9.90 Å². The van der Waals surface area contributed by atoms with Gasteiger partial charge in [-0.3, -0.25) is 4.79 Å². The van der Waals surface area contributed by atoms with E-state index in [9.17, 15) is 9.90 Å². The third-order valence-electron chi connectivity index (χ3n) is 3.69. The summed E-state index contributed by atoms with van der Waals surface area (Å²) in [5.41, 5.74) is 0.337. The Morgan fingerprint density at radius 1 is 1.19 bits per heavy atom. The quantitative estimate of drug-likeness (QED) is 0.737. The van der Waals surface area contributed by atoms with E-state index in [1.807, 2.05) is 0 Å². The molecular weight excluding hydrogens is 220 g/mol. The van der Waals surface area contributed by atoms with Gasteiger partial charge in [0.15, 0.2) is 0 Å². The Hall–Kier alpha value is -0.180. The van der Waals surface area contributed by atoms with Gasteiger partial charge in [-0.2, -0.15) is 0 Å². The summed E-state index contributed by atoms with van der Waals surface area (Å²) >= 11 is 1.63. The maximum atomic E-state index is 11.4. The molecule has 1 saturated carbocycles. The Labute approximate surface area is 103 Å². The first-order valence-electron chi connectivity index (χ1n) is 6.41. The predicted octanol–water partition coefficient (Wildman–Crippen LogP) is 3.94. The van der Waals surface area contributed by atoms with Crippen LogP contribution in [0.25, 0.3) is 0 Å². The smallest absolute Gasteiger partial charge is 0.319 e. The number of carbonyl (C=O) groups is 1. The minimum atomic E-state index is -0.595. The molecule has 0 radical (unpaired) electrons. The van der Waals surface area contributed by atoms with Gasteiger partial charge >= 0.3 is 5.97 Å². The normalized spacial score (nSPS) is 21.4. The van der Waals surface area contributed by atoms with Crippen molar-refractivity contribution in [3.63, 3.8) is 0 Å². The first-order chi connectivity index (χ1) is 7.54. The Morgan fingerprint density at radius 3 is 2.00 bits per heavy atom. The molecule has 0 heterocycles. The summed E-state index contributed by atoms with van der Waals surface area (Å²) in [5.74, 6) is 0.308. The number of aliphatic carboxylic acids is 1. The molecule has 0 bridgehead atoms. The molecule has 0 aliphatic heterocycles. The average Bonchev–Trinajstić information content (AvgIpc) is 2.15. The van der Waals surface area contributed by atoms with Crippen LogP contribution in [0.2, 0.25) is 0 Å². The highest BCUT2D eigenvalue weighted by Crippen LogP contribution is 2.60. The van der Waals surface area contributed by atoms with E-state index in [0.29, 0.717) is 5.41 Å². The molecule has 0 amide bonds. The van der Waals surface area contributed by atoms with Crippen LogP contribution in [0.1, 0.15) is 59.3 Å². The van der Waals surface area contributed by atoms with Crippen molar-refractivity contribution in [2.24, 2.45) is 5.41 Å². The molecule has 1 N–H and O–H groups in total. The van der Waals surface area contributed by atoms with Crippen LogP contribution in [0.3, 0.4) is 0 Å². The largest absolute Gasteiger partial charge is 0.480 e. The molecule has 1 aliphatic rings. The van der Waals surface area contributed by atoms with Crippen LogP contribution in [0, 0.1) is 5.41 Å². The second kappa shape index (κ2) is 5.44. The molecule has 0 aromatic carbocycles. The second-order valence-corrected chi connectivity index (χ2v) is 6.73. The summed E-state index contributed by atoms with van der Waals surface area (Å²) < 4.78 is -0.459. The minimum absolute atomic E-state index is 0.337. The highest BCUT2D eigenvalue weighted by atomic mass is 32.2. The van der Waals surface area contributed by atoms with E-state index >= 15 is 0 Å². The van der Waals surface area contributed by atoms with Gasteiger partial charge in [-0.1, -0.05) is 33.6 Å². The number of hydrogen-bond donors (Lipinski definition) is 1. The fraction of sp³-hybridized carbons (Fsp3) is 0.923. The Kier molecular flexibility index (Phi) is 4.72. The first kappa shape index (κ1) is 13.9. The average molecular weight is 244 g/mol. The van der Waals surface area contributed by atoms with Crippen LogP contribution in [0.15, 0.2) is 0 Å². The Bertz CT molecular complexity index is 236. The van der Waals surface area contributed by atoms with Crippen LogP contribution >= 0.6 is 11.8 Å². The fourth-order valence-electron chi connectivity index (χ4n) is 3.29. The first-order valence-corrected chi connectivity index (χ1v) is 7.40. The summed E-state index contributed by atoms with van der Waals surface area (Å²) in [6, 6.07) is 0. The molecule has 1 fully saturated rings. The summed E-state index contributed by atoms with van der Waals surface area (Å²) in [5, 5.41) is 9.36. The molecule has 1 rings (SSSR count). The third kappa shape index (κ3) is 2.55. The van der Waals surface area contributed by atoms with Crippen molar-refractivity contribution >= 4 is 17.7 Å². The fourth-order valence-corrected chi connectivity index (χ4v) is 4.78. The highest BCUT2D eigenvalue weighted by molar-refractivity contribution is 8.01. The number of carboxylic acids is 1. The minimum Gasteiger partial charge on any atom is -0.480 e. The van der Waals surface area contributed by atoms with E-state index in [1.54, 1.807) is 11.8 Å². The summed E-state index contributed by atoms with van der Waals surface area (Å²) in [4.78, 5) is 11.4. The van der Waals surface area contributed by atoms with Crippen molar-refractivity contribution in [3.8, 4) is 0 Å². The zero-order chi connectivity index (χ0) is 12.2. The molecular formula is C13H24O2S.